The molecule has 3 rings (SSSR count). The summed E-state index contributed by atoms with van der Waals surface area (Å²) < 4.78 is 6.54. The number of fused-ring (bicyclic) bond motifs is 1. The normalized spacial score (nSPS) is 10.7. The number of ether oxygens (including phenoxy) is 1. The number of aromatic nitrogens is 1. The highest BCUT2D eigenvalue weighted by Gasteiger charge is 2.09. The molecule has 21 heavy (non-hydrogen) atoms. The van der Waals surface area contributed by atoms with Crippen LogP contribution in [0.4, 0.5) is 0 Å². The smallest absolute Gasteiger partial charge is 0.335 e. The van der Waals surface area contributed by atoms with E-state index in [1.807, 2.05) is 25.1 Å². The molecule has 106 valence electrons. The van der Waals surface area contributed by atoms with E-state index in [4.69, 9.17) is 9.84 Å². The van der Waals surface area contributed by atoms with Crippen molar-refractivity contribution >= 4 is 27.5 Å². The summed E-state index contributed by atoms with van der Waals surface area (Å²) in [7, 11) is 0. The first kappa shape index (κ1) is 13.6. The Morgan fingerprint density at radius 2 is 2.00 bits per heavy atom. The third kappa shape index (κ3) is 2.73. The Morgan fingerprint density at radius 1 is 1.24 bits per heavy atom. The van der Waals surface area contributed by atoms with E-state index >= 15 is 0 Å². The fourth-order valence-corrected chi connectivity index (χ4v) is 3.04. The second kappa shape index (κ2) is 5.54. The van der Waals surface area contributed by atoms with Crippen LogP contribution >= 0.6 is 11.3 Å². The van der Waals surface area contributed by atoms with Gasteiger partial charge in [-0.1, -0.05) is 12.1 Å². The molecule has 0 atom stereocenters. The molecule has 0 aliphatic heterocycles. The fraction of sp³-hybridized carbons (Fsp3) is 0.125. The zero-order valence-corrected chi connectivity index (χ0v) is 12.2. The lowest BCUT2D eigenvalue weighted by atomic mass is 10.1. The molecule has 1 aromatic heterocycles. The van der Waals surface area contributed by atoms with Gasteiger partial charge in [0.1, 0.15) is 10.8 Å². The third-order valence-corrected chi connectivity index (χ3v) is 4.12. The van der Waals surface area contributed by atoms with E-state index in [9.17, 15) is 4.79 Å². The number of benzene rings is 2. The number of hydrogen-bond donors (Lipinski definition) is 1. The minimum Gasteiger partial charge on any atom is -0.494 e. The second-order valence-electron chi connectivity index (χ2n) is 4.46. The monoisotopic (exact) mass is 299 g/mol. The molecule has 0 fully saturated rings. The van der Waals surface area contributed by atoms with Crippen LogP contribution in [0.3, 0.4) is 0 Å². The van der Waals surface area contributed by atoms with E-state index in [0.717, 1.165) is 26.5 Å². The van der Waals surface area contributed by atoms with Gasteiger partial charge in [-0.3, -0.25) is 0 Å². The van der Waals surface area contributed by atoms with Gasteiger partial charge in [-0.05, 0) is 37.3 Å². The van der Waals surface area contributed by atoms with Crippen LogP contribution in [0, 0.1) is 0 Å². The molecule has 0 unspecified atom stereocenters. The highest BCUT2D eigenvalue weighted by molar-refractivity contribution is 7.21. The average Bonchev–Trinajstić information content (AvgIpc) is 2.91. The van der Waals surface area contributed by atoms with Crippen molar-refractivity contribution in [3.8, 4) is 16.3 Å². The molecule has 1 N–H and O–H groups in total. The summed E-state index contributed by atoms with van der Waals surface area (Å²) in [5.41, 5.74) is 2.11. The quantitative estimate of drug-likeness (QED) is 0.789. The first-order valence-corrected chi connectivity index (χ1v) is 7.36. The number of carbonyl (C=O) groups is 1. The lowest BCUT2D eigenvalue weighted by Crippen LogP contribution is -1.94. The number of rotatable bonds is 4. The van der Waals surface area contributed by atoms with Crippen molar-refractivity contribution < 1.29 is 14.6 Å². The number of carboxylic acid groups (broad SMARTS) is 1. The maximum Gasteiger partial charge on any atom is 0.335 e. The molecule has 3 aromatic rings. The summed E-state index contributed by atoms with van der Waals surface area (Å²) in [5, 5.41) is 9.79. The van der Waals surface area contributed by atoms with Crippen molar-refractivity contribution in [1.29, 1.82) is 0 Å². The largest absolute Gasteiger partial charge is 0.494 e. The van der Waals surface area contributed by atoms with Gasteiger partial charge >= 0.3 is 5.97 Å². The Hall–Kier alpha value is -2.40. The van der Waals surface area contributed by atoms with Crippen LogP contribution < -0.4 is 4.74 Å². The highest BCUT2D eigenvalue weighted by Crippen LogP contribution is 2.32. The van der Waals surface area contributed by atoms with Crippen molar-refractivity contribution in [2.75, 3.05) is 6.61 Å². The van der Waals surface area contributed by atoms with Crippen molar-refractivity contribution in [1.82, 2.24) is 4.98 Å². The van der Waals surface area contributed by atoms with Crippen LogP contribution in [-0.2, 0) is 0 Å². The lowest BCUT2D eigenvalue weighted by Gasteiger charge is -2.00. The van der Waals surface area contributed by atoms with Crippen LogP contribution in [0.2, 0.25) is 0 Å². The summed E-state index contributed by atoms with van der Waals surface area (Å²) in [6.07, 6.45) is 0. The van der Waals surface area contributed by atoms with Crippen molar-refractivity contribution in [2.45, 2.75) is 6.92 Å². The molecule has 0 aliphatic rings. The summed E-state index contributed by atoms with van der Waals surface area (Å²) in [6, 6.07) is 12.6. The topological polar surface area (TPSA) is 59.4 Å². The molecule has 0 amide bonds. The molecule has 0 saturated heterocycles. The van der Waals surface area contributed by atoms with Gasteiger partial charge in [0.2, 0.25) is 0 Å². The molecule has 0 radical (unpaired) electrons. The molecule has 0 bridgehead atoms. The van der Waals surface area contributed by atoms with E-state index in [0.29, 0.717) is 6.61 Å². The molecular formula is C16H13NO3S. The second-order valence-corrected chi connectivity index (χ2v) is 5.49. The predicted molar refractivity (Wildman–Crippen MR) is 83.2 cm³/mol. The van der Waals surface area contributed by atoms with E-state index < -0.39 is 5.97 Å². The molecule has 5 heteroatoms. The van der Waals surface area contributed by atoms with E-state index in [1.165, 1.54) is 0 Å². The predicted octanol–water partition coefficient (Wildman–Crippen LogP) is 4.06. The van der Waals surface area contributed by atoms with Crippen LogP contribution in [0.25, 0.3) is 20.8 Å². The fourth-order valence-electron chi connectivity index (χ4n) is 2.04. The van der Waals surface area contributed by atoms with Gasteiger partial charge in [0.15, 0.2) is 0 Å². The van der Waals surface area contributed by atoms with Crippen molar-refractivity contribution in [3.63, 3.8) is 0 Å². The Morgan fingerprint density at radius 3 is 2.67 bits per heavy atom. The number of nitrogens with zero attached hydrogens (tertiary/aromatic N) is 1. The summed E-state index contributed by atoms with van der Waals surface area (Å²) in [6.45, 7) is 2.58. The molecule has 0 aliphatic carbocycles. The van der Waals surface area contributed by atoms with Crippen LogP contribution in [0.1, 0.15) is 17.3 Å². The molecule has 4 nitrogen and oxygen atoms in total. The van der Waals surface area contributed by atoms with Crippen LogP contribution in [-0.4, -0.2) is 22.7 Å². The number of thiazole rings is 1. The molecule has 0 spiro atoms. The Kier molecular flexibility index (Phi) is 3.58. The SMILES string of the molecule is CCOc1ccc2nc(-c3ccc(C(=O)O)cc3)sc2c1. The zero-order valence-electron chi connectivity index (χ0n) is 11.4. The Labute approximate surface area is 125 Å². The summed E-state index contributed by atoms with van der Waals surface area (Å²) >= 11 is 1.57. The van der Waals surface area contributed by atoms with Gasteiger partial charge < -0.3 is 9.84 Å². The van der Waals surface area contributed by atoms with Crippen LogP contribution in [0.5, 0.6) is 5.75 Å². The maximum absolute atomic E-state index is 10.9. The van der Waals surface area contributed by atoms with Gasteiger partial charge in [0, 0.05) is 5.56 Å². The maximum atomic E-state index is 10.9. The molecule has 1 heterocycles. The summed E-state index contributed by atoms with van der Waals surface area (Å²) in [4.78, 5) is 15.4. The van der Waals surface area contributed by atoms with Crippen LogP contribution in [0.15, 0.2) is 42.5 Å². The molecule has 2 aromatic carbocycles. The van der Waals surface area contributed by atoms with Gasteiger partial charge in [0.05, 0.1) is 22.4 Å². The van der Waals surface area contributed by atoms with Crippen molar-refractivity contribution in [3.05, 3.63) is 48.0 Å². The number of hydrogen-bond acceptors (Lipinski definition) is 4. The zero-order chi connectivity index (χ0) is 14.8. The number of aromatic carboxylic acids is 1. The average molecular weight is 299 g/mol. The van der Waals surface area contributed by atoms with Gasteiger partial charge in [-0.15, -0.1) is 11.3 Å². The minimum atomic E-state index is -0.924. The highest BCUT2D eigenvalue weighted by atomic mass is 32.1. The lowest BCUT2D eigenvalue weighted by molar-refractivity contribution is 0.0697. The first-order valence-electron chi connectivity index (χ1n) is 6.54. The Balaban J connectivity index is 1.98. The van der Waals surface area contributed by atoms with Gasteiger partial charge in [-0.25, -0.2) is 9.78 Å². The van der Waals surface area contributed by atoms with E-state index in [1.54, 1.807) is 35.6 Å². The third-order valence-electron chi connectivity index (χ3n) is 3.05. The standard InChI is InChI=1S/C16H13NO3S/c1-2-20-12-7-8-13-14(9-12)21-15(17-13)10-3-5-11(6-4-10)16(18)19/h3-9H,2H2,1H3,(H,18,19). The van der Waals surface area contributed by atoms with Gasteiger partial charge in [0.25, 0.3) is 0 Å². The van der Waals surface area contributed by atoms with Crippen molar-refractivity contribution in [2.24, 2.45) is 0 Å². The molecular weight excluding hydrogens is 286 g/mol. The van der Waals surface area contributed by atoms with E-state index in [-0.39, 0.29) is 5.56 Å². The first-order chi connectivity index (χ1) is 10.2. The Bertz CT molecular complexity index is 793. The van der Waals surface area contributed by atoms with E-state index in [2.05, 4.69) is 4.98 Å². The summed E-state index contributed by atoms with van der Waals surface area (Å²) in [5.74, 6) is -0.0892. The van der Waals surface area contributed by atoms with Gasteiger partial charge in [-0.2, -0.15) is 0 Å². The minimum absolute atomic E-state index is 0.276. The molecule has 0 saturated carbocycles. The number of carboxylic acids is 1.